The molecule has 4 aromatic rings. The van der Waals surface area contributed by atoms with Gasteiger partial charge in [-0.25, -0.2) is 4.98 Å². The topological polar surface area (TPSA) is 51.8 Å². The molecule has 0 fully saturated rings. The second-order valence-electron chi connectivity index (χ2n) is 6.15. The molecule has 1 aliphatic rings. The van der Waals surface area contributed by atoms with Crippen molar-refractivity contribution in [3.63, 3.8) is 0 Å². The van der Waals surface area contributed by atoms with Crippen LogP contribution in [0.2, 0.25) is 0 Å². The smallest absolute Gasteiger partial charge is 0.0981 e. The Labute approximate surface area is 145 Å². The Morgan fingerprint density at radius 2 is 1.88 bits per heavy atom. The molecule has 0 aromatic carbocycles. The molecule has 4 heteroatoms. The molecule has 25 heavy (non-hydrogen) atoms. The van der Waals surface area contributed by atoms with Gasteiger partial charge in [-0.1, -0.05) is 6.07 Å². The van der Waals surface area contributed by atoms with Crippen LogP contribution in [-0.4, -0.2) is 15.0 Å². The molecular weight excluding hydrogens is 310 g/mol. The normalized spacial score (nSPS) is 12.5. The Balaban J connectivity index is 1.81. The quantitative estimate of drug-likeness (QED) is 0.542. The lowest BCUT2D eigenvalue weighted by molar-refractivity contribution is 0.568. The second-order valence-corrected chi connectivity index (χ2v) is 6.15. The standard InChI is InChI=1S/C21H15N3O/c1-4-15(12-22-8-1)19-11-18(16-7-10-25-13-16)17-6-5-14-3-2-9-23-20(14)21(17)24-19/h1-4,7-13H,5-6H2. The molecule has 4 aromatic heterocycles. The number of furan rings is 1. The molecule has 5 rings (SSSR count). The molecular formula is C21H15N3O. The summed E-state index contributed by atoms with van der Waals surface area (Å²) in [7, 11) is 0. The highest BCUT2D eigenvalue weighted by molar-refractivity contribution is 5.81. The first-order valence-electron chi connectivity index (χ1n) is 8.31. The van der Waals surface area contributed by atoms with Gasteiger partial charge < -0.3 is 4.42 Å². The molecule has 0 amide bonds. The summed E-state index contributed by atoms with van der Waals surface area (Å²) in [5.41, 5.74) is 8.58. The SMILES string of the molecule is c1cncc(-c2cc(-c3ccoc3)c3c(n2)-c2ncccc2CC3)c1. The van der Waals surface area contributed by atoms with Gasteiger partial charge in [0, 0.05) is 29.7 Å². The average molecular weight is 325 g/mol. The predicted octanol–water partition coefficient (Wildman–Crippen LogP) is 4.56. The largest absolute Gasteiger partial charge is 0.472 e. The van der Waals surface area contributed by atoms with Gasteiger partial charge >= 0.3 is 0 Å². The number of aromatic nitrogens is 3. The fraction of sp³-hybridized carbons (Fsp3) is 0.0952. The summed E-state index contributed by atoms with van der Waals surface area (Å²) in [4.78, 5) is 13.8. The molecule has 0 bridgehead atoms. The first-order chi connectivity index (χ1) is 12.4. The van der Waals surface area contributed by atoms with Crippen molar-refractivity contribution in [1.29, 1.82) is 0 Å². The molecule has 0 saturated carbocycles. The molecule has 4 nitrogen and oxygen atoms in total. The van der Waals surface area contributed by atoms with E-state index >= 15 is 0 Å². The van der Waals surface area contributed by atoms with Crippen LogP contribution in [0.25, 0.3) is 33.8 Å². The van der Waals surface area contributed by atoms with Crippen molar-refractivity contribution in [2.75, 3.05) is 0 Å². The zero-order valence-electron chi connectivity index (χ0n) is 13.5. The van der Waals surface area contributed by atoms with Crippen molar-refractivity contribution < 1.29 is 4.42 Å². The van der Waals surface area contributed by atoms with E-state index in [4.69, 9.17) is 9.40 Å². The maximum absolute atomic E-state index is 5.33. The van der Waals surface area contributed by atoms with Crippen LogP contribution < -0.4 is 0 Å². The summed E-state index contributed by atoms with van der Waals surface area (Å²) < 4.78 is 5.33. The molecule has 0 saturated heterocycles. The van der Waals surface area contributed by atoms with Gasteiger partial charge in [0.05, 0.1) is 29.6 Å². The molecule has 0 spiro atoms. The van der Waals surface area contributed by atoms with E-state index in [9.17, 15) is 0 Å². The van der Waals surface area contributed by atoms with Crippen LogP contribution in [0.4, 0.5) is 0 Å². The summed E-state index contributed by atoms with van der Waals surface area (Å²) in [5, 5.41) is 0. The number of hydrogen-bond acceptors (Lipinski definition) is 4. The van der Waals surface area contributed by atoms with Gasteiger partial charge in [0.2, 0.25) is 0 Å². The van der Waals surface area contributed by atoms with Crippen molar-refractivity contribution in [2.24, 2.45) is 0 Å². The van der Waals surface area contributed by atoms with Gasteiger partial charge in [-0.05, 0) is 59.9 Å². The third-order valence-corrected chi connectivity index (χ3v) is 4.67. The van der Waals surface area contributed by atoms with E-state index in [2.05, 4.69) is 22.1 Å². The Hall–Kier alpha value is -3.27. The van der Waals surface area contributed by atoms with Gasteiger partial charge in [0.25, 0.3) is 0 Å². The van der Waals surface area contributed by atoms with Crippen LogP contribution in [-0.2, 0) is 12.8 Å². The van der Waals surface area contributed by atoms with E-state index in [1.165, 1.54) is 11.1 Å². The van der Waals surface area contributed by atoms with E-state index < -0.39 is 0 Å². The van der Waals surface area contributed by atoms with E-state index in [1.807, 2.05) is 36.7 Å². The van der Waals surface area contributed by atoms with Crippen LogP contribution in [0, 0.1) is 0 Å². The third kappa shape index (κ3) is 2.34. The minimum atomic E-state index is 0.904. The Kier molecular flexibility index (Phi) is 3.20. The van der Waals surface area contributed by atoms with Crippen molar-refractivity contribution in [2.45, 2.75) is 12.8 Å². The van der Waals surface area contributed by atoms with E-state index in [0.29, 0.717) is 0 Å². The first kappa shape index (κ1) is 14.1. The number of rotatable bonds is 2. The molecule has 0 atom stereocenters. The summed E-state index contributed by atoms with van der Waals surface area (Å²) in [5.74, 6) is 0. The lowest BCUT2D eigenvalue weighted by Gasteiger charge is -2.21. The van der Waals surface area contributed by atoms with Crippen molar-refractivity contribution in [1.82, 2.24) is 15.0 Å². The number of fused-ring (bicyclic) bond motifs is 3. The highest BCUT2D eigenvalue weighted by Gasteiger charge is 2.23. The van der Waals surface area contributed by atoms with Gasteiger partial charge in [0.1, 0.15) is 0 Å². The summed E-state index contributed by atoms with van der Waals surface area (Å²) >= 11 is 0. The fourth-order valence-electron chi connectivity index (χ4n) is 3.47. The fourth-order valence-corrected chi connectivity index (χ4v) is 3.47. The Morgan fingerprint density at radius 1 is 0.920 bits per heavy atom. The molecule has 0 radical (unpaired) electrons. The maximum atomic E-state index is 5.33. The van der Waals surface area contributed by atoms with Crippen LogP contribution in [0.5, 0.6) is 0 Å². The minimum Gasteiger partial charge on any atom is -0.472 e. The minimum absolute atomic E-state index is 0.904. The van der Waals surface area contributed by atoms with Gasteiger partial charge in [-0.3, -0.25) is 9.97 Å². The zero-order valence-corrected chi connectivity index (χ0v) is 13.5. The van der Waals surface area contributed by atoms with Crippen LogP contribution in [0.1, 0.15) is 11.1 Å². The van der Waals surface area contributed by atoms with Crippen molar-refractivity contribution in [3.8, 4) is 33.8 Å². The molecule has 0 N–H and O–H groups in total. The maximum Gasteiger partial charge on any atom is 0.0981 e. The monoisotopic (exact) mass is 325 g/mol. The number of pyridine rings is 3. The van der Waals surface area contributed by atoms with Crippen molar-refractivity contribution in [3.05, 3.63) is 78.6 Å². The summed E-state index contributed by atoms with van der Waals surface area (Å²) in [6.45, 7) is 0. The highest BCUT2D eigenvalue weighted by atomic mass is 16.3. The third-order valence-electron chi connectivity index (χ3n) is 4.67. The number of hydrogen-bond donors (Lipinski definition) is 0. The molecule has 120 valence electrons. The highest BCUT2D eigenvalue weighted by Crippen LogP contribution is 2.38. The number of aryl methyl sites for hydroxylation is 1. The first-order valence-corrected chi connectivity index (χ1v) is 8.31. The van der Waals surface area contributed by atoms with E-state index in [-0.39, 0.29) is 0 Å². The van der Waals surface area contributed by atoms with E-state index in [0.717, 1.165) is 46.6 Å². The van der Waals surface area contributed by atoms with E-state index in [1.54, 1.807) is 18.7 Å². The lowest BCUT2D eigenvalue weighted by Crippen LogP contribution is -2.09. The molecule has 1 aliphatic carbocycles. The van der Waals surface area contributed by atoms with Crippen molar-refractivity contribution >= 4 is 0 Å². The average Bonchev–Trinajstić information content (AvgIpc) is 3.22. The molecule has 4 heterocycles. The molecule has 0 aliphatic heterocycles. The van der Waals surface area contributed by atoms with Gasteiger partial charge in [-0.2, -0.15) is 0 Å². The lowest BCUT2D eigenvalue weighted by atomic mass is 9.87. The second kappa shape index (κ2) is 5.67. The van der Waals surface area contributed by atoms with Crippen LogP contribution in [0.3, 0.4) is 0 Å². The molecule has 0 unspecified atom stereocenters. The predicted molar refractivity (Wildman–Crippen MR) is 95.8 cm³/mol. The van der Waals surface area contributed by atoms with Crippen LogP contribution >= 0.6 is 0 Å². The summed E-state index contributed by atoms with van der Waals surface area (Å²) in [6.07, 6.45) is 10.9. The van der Waals surface area contributed by atoms with Gasteiger partial charge in [-0.15, -0.1) is 0 Å². The summed E-state index contributed by atoms with van der Waals surface area (Å²) in [6, 6.07) is 12.2. The Bertz CT molecular complexity index is 1040. The van der Waals surface area contributed by atoms with Crippen LogP contribution in [0.15, 0.2) is 71.9 Å². The Morgan fingerprint density at radius 3 is 2.72 bits per heavy atom. The number of nitrogens with zero attached hydrogens (tertiary/aromatic N) is 3. The van der Waals surface area contributed by atoms with Gasteiger partial charge in [0.15, 0.2) is 0 Å². The zero-order chi connectivity index (χ0) is 16.6.